The summed E-state index contributed by atoms with van der Waals surface area (Å²) in [5.41, 5.74) is -0.451. The summed E-state index contributed by atoms with van der Waals surface area (Å²) in [6.07, 6.45) is 1.73. The molecule has 0 saturated carbocycles. The minimum Gasteiger partial charge on any atom is -0.480 e. The van der Waals surface area contributed by atoms with Crippen LogP contribution in [0.2, 0.25) is 0 Å². The Morgan fingerprint density at radius 2 is 1.25 bits per heavy atom. The van der Waals surface area contributed by atoms with E-state index < -0.39 is 29.2 Å². The lowest BCUT2D eigenvalue weighted by Crippen LogP contribution is -2.52. The van der Waals surface area contributed by atoms with E-state index in [2.05, 4.69) is 29.2 Å². The molecule has 0 aromatic heterocycles. The maximum atomic E-state index is 11.7. The fourth-order valence-electron chi connectivity index (χ4n) is 4.92. The molecule has 2 aromatic rings. The Morgan fingerprint density at radius 1 is 0.844 bits per heavy atom. The highest BCUT2D eigenvalue weighted by Gasteiger charge is 2.58. The van der Waals surface area contributed by atoms with E-state index in [9.17, 15) is 29.7 Å². The van der Waals surface area contributed by atoms with Crippen LogP contribution in [-0.2, 0) is 14.4 Å². The van der Waals surface area contributed by atoms with Gasteiger partial charge in [-0.2, -0.15) is 0 Å². The second-order valence-corrected chi connectivity index (χ2v) is 8.56. The van der Waals surface area contributed by atoms with Gasteiger partial charge in [0.25, 0.3) is 5.41 Å². The third-order valence-corrected chi connectivity index (χ3v) is 6.68. The summed E-state index contributed by atoms with van der Waals surface area (Å²) < 4.78 is 0. The molecule has 2 aromatic carbocycles. The molecular weight excluding hydrogens is 410 g/mol. The van der Waals surface area contributed by atoms with E-state index >= 15 is 0 Å². The van der Waals surface area contributed by atoms with Crippen LogP contribution >= 0.6 is 0 Å². The van der Waals surface area contributed by atoms with Crippen molar-refractivity contribution < 1.29 is 29.7 Å². The Bertz CT molecular complexity index is 862. The molecule has 0 aliphatic carbocycles. The zero-order valence-corrected chi connectivity index (χ0v) is 18.1. The maximum absolute atomic E-state index is 11.7. The number of hydrogen-bond donors (Lipinski definition) is 3. The molecule has 170 valence electrons. The quantitative estimate of drug-likeness (QED) is 0.510. The van der Waals surface area contributed by atoms with Crippen LogP contribution in [0.15, 0.2) is 60.7 Å². The van der Waals surface area contributed by atoms with Gasteiger partial charge in [0.15, 0.2) is 0 Å². The number of hydrogen-bond acceptors (Lipinski definition) is 4. The average molecular weight is 440 g/mol. The molecule has 1 aliphatic heterocycles. The molecule has 0 spiro atoms. The standard InChI is InChI=1S/C25H29NO6/c1-17(25(22(27)28,23(29)30)24(31)32)16-18-12-14-26(15-13-18)21(19-8-4-2-5-9-19)20-10-6-3-7-11-20/h2-11,17-18,21H,12-16H2,1H3,(H,27,28)(H,29,30)(H,31,32). The summed E-state index contributed by atoms with van der Waals surface area (Å²) >= 11 is 0. The number of piperidine rings is 1. The van der Waals surface area contributed by atoms with Crippen LogP contribution in [0, 0.1) is 17.3 Å². The Labute approximate surface area is 187 Å². The van der Waals surface area contributed by atoms with Crippen molar-refractivity contribution in [3.63, 3.8) is 0 Å². The molecule has 1 aliphatic rings. The predicted octanol–water partition coefficient (Wildman–Crippen LogP) is 3.75. The molecular formula is C25H29NO6. The van der Waals surface area contributed by atoms with Crippen molar-refractivity contribution in [3.05, 3.63) is 71.8 Å². The lowest BCUT2D eigenvalue weighted by molar-refractivity contribution is -0.180. The van der Waals surface area contributed by atoms with E-state index in [4.69, 9.17) is 0 Å². The molecule has 7 nitrogen and oxygen atoms in total. The fraction of sp³-hybridized carbons (Fsp3) is 0.400. The van der Waals surface area contributed by atoms with Crippen LogP contribution in [0.5, 0.6) is 0 Å². The van der Waals surface area contributed by atoms with Gasteiger partial charge in [-0.3, -0.25) is 19.3 Å². The molecule has 7 heteroatoms. The molecule has 0 radical (unpaired) electrons. The monoisotopic (exact) mass is 439 g/mol. The second kappa shape index (κ2) is 9.96. The minimum absolute atomic E-state index is 0.0610. The minimum atomic E-state index is -2.83. The van der Waals surface area contributed by atoms with Crippen molar-refractivity contribution in [2.24, 2.45) is 17.3 Å². The molecule has 1 saturated heterocycles. The Hall–Kier alpha value is -3.19. The Kier molecular flexibility index (Phi) is 7.30. The van der Waals surface area contributed by atoms with Gasteiger partial charge in [0, 0.05) is 0 Å². The molecule has 1 atom stereocenters. The van der Waals surface area contributed by atoms with Crippen LogP contribution in [0.3, 0.4) is 0 Å². The maximum Gasteiger partial charge on any atom is 0.333 e. The van der Waals surface area contributed by atoms with Crippen molar-refractivity contribution >= 4 is 17.9 Å². The summed E-state index contributed by atoms with van der Waals surface area (Å²) in [7, 11) is 0. The van der Waals surface area contributed by atoms with Gasteiger partial charge in [0.1, 0.15) is 0 Å². The normalized spacial score (nSPS) is 16.6. The first-order valence-electron chi connectivity index (χ1n) is 10.8. The highest BCUT2D eigenvalue weighted by atomic mass is 16.4. The second-order valence-electron chi connectivity index (χ2n) is 8.56. The molecule has 1 unspecified atom stereocenters. The third-order valence-electron chi connectivity index (χ3n) is 6.68. The van der Waals surface area contributed by atoms with Gasteiger partial charge >= 0.3 is 17.9 Å². The van der Waals surface area contributed by atoms with Gasteiger partial charge in [-0.05, 0) is 55.3 Å². The summed E-state index contributed by atoms with van der Waals surface area (Å²) in [6.45, 7) is 2.93. The molecule has 0 amide bonds. The number of aliphatic carboxylic acids is 3. The summed E-state index contributed by atoms with van der Waals surface area (Å²) in [5, 5.41) is 28.4. The predicted molar refractivity (Wildman–Crippen MR) is 118 cm³/mol. The number of nitrogens with zero attached hydrogens (tertiary/aromatic N) is 1. The topological polar surface area (TPSA) is 115 Å². The van der Waals surface area contributed by atoms with Crippen LogP contribution in [0.1, 0.15) is 43.4 Å². The van der Waals surface area contributed by atoms with Gasteiger partial charge in [-0.25, -0.2) is 0 Å². The number of carboxylic acids is 3. The van der Waals surface area contributed by atoms with Gasteiger partial charge < -0.3 is 15.3 Å². The highest BCUT2D eigenvalue weighted by Crippen LogP contribution is 2.38. The first kappa shape index (κ1) is 23.5. The van der Waals surface area contributed by atoms with E-state index in [-0.39, 0.29) is 18.4 Å². The smallest absolute Gasteiger partial charge is 0.333 e. The van der Waals surface area contributed by atoms with E-state index in [0.717, 1.165) is 25.9 Å². The van der Waals surface area contributed by atoms with Gasteiger partial charge in [-0.15, -0.1) is 0 Å². The zero-order chi connectivity index (χ0) is 23.3. The summed E-state index contributed by atoms with van der Waals surface area (Å²) in [6, 6.07) is 20.5. The van der Waals surface area contributed by atoms with Gasteiger partial charge in [-0.1, -0.05) is 67.6 Å². The molecule has 3 rings (SSSR count). The largest absolute Gasteiger partial charge is 0.480 e. The zero-order valence-electron chi connectivity index (χ0n) is 18.1. The lowest BCUT2D eigenvalue weighted by Gasteiger charge is -2.39. The average Bonchev–Trinajstić information content (AvgIpc) is 2.76. The van der Waals surface area contributed by atoms with Crippen LogP contribution in [0.25, 0.3) is 0 Å². The van der Waals surface area contributed by atoms with Crippen molar-refractivity contribution in [1.29, 1.82) is 0 Å². The van der Waals surface area contributed by atoms with E-state index in [1.165, 1.54) is 18.1 Å². The Balaban J connectivity index is 1.74. The summed E-state index contributed by atoms with van der Waals surface area (Å²) in [5.74, 6) is -6.45. The van der Waals surface area contributed by atoms with Crippen molar-refractivity contribution in [1.82, 2.24) is 4.90 Å². The van der Waals surface area contributed by atoms with E-state index in [1.807, 2.05) is 36.4 Å². The number of benzene rings is 2. The number of likely N-dealkylation sites (tertiary alicyclic amines) is 1. The van der Waals surface area contributed by atoms with Gasteiger partial charge in [0.05, 0.1) is 6.04 Å². The molecule has 0 bridgehead atoms. The van der Waals surface area contributed by atoms with Crippen LogP contribution < -0.4 is 0 Å². The lowest BCUT2D eigenvalue weighted by atomic mass is 9.71. The van der Waals surface area contributed by atoms with Crippen LogP contribution in [-0.4, -0.2) is 51.2 Å². The number of carbonyl (C=O) groups is 3. The van der Waals surface area contributed by atoms with Gasteiger partial charge in [0.2, 0.25) is 0 Å². The first-order chi connectivity index (χ1) is 15.3. The van der Waals surface area contributed by atoms with Crippen LogP contribution in [0.4, 0.5) is 0 Å². The van der Waals surface area contributed by atoms with Crippen molar-refractivity contribution in [2.75, 3.05) is 13.1 Å². The number of carboxylic acid groups (broad SMARTS) is 3. The molecule has 32 heavy (non-hydrogen) atoms. The van der Waals surface area contributed by atoms with Crippen molar-refractivity contribution in [3.8, 4) is 0 Å². The third kappa shape index (κ3) is 4.53. The number of rotatable bonds is 9. The Morgan fingerprint density at radius 3 is 1.62 bits per heavy atom. The molecule has 1 heterocycles. The summed E-state index contributed by atoms with van der Waals surface area (Å²) in [4.78, 5) is 37.4. The van der Waals surface area contributed by atoms with Crippen molar-refractivity contribution in [2.45, 2.75) is 32.2 Å². The molecule has 3 N–H and O–H groups in total. The van der Waals surface area contributed by atoms with E-state index in [1.54, 1.807) is 0 Å². The first-order valence-corrected chi connectivity index (χ1v) is 10.8. The highest BCUT2D eigenvalue weighted by molar-refractivity contribution is 6.16. The fourth-order valence-corrected chi connectivity index (χ4v) is 4.92. The molecule has 1 fully saturated rings. The van der Waals surface area contributed by atoms with E-state index in [0.29, 0.717) is 0 Å². The SMILES string of the molecule is CC(CC1CCN(C(c2ccccc2)c2ccccc2)CC1)C(C(=O)O)(C(=O)O)C(=O)O.